The van der Waals surface area contributed by atoms with Crippen molar-refractivity contribution in [1.82, 2.24) is 9.80 Å². The zero-order chi connectivity index (χ0) is 14.2. The van der Waals surface area contributed by atoms with Gasteiger partial charge in [0.05, 0.1) is 24.0 Å². The van der Waals surface area contributed by atoms with Gasteiger partial charge < -0.3 is 10.0 Å². The molecule has 108 valence electrons. The molecule has 1 atom stereocenters. The van der Waals surface area contributed by atoms with E-state index in [9.17, 15) is 18.0 Å². The van der Waals surface area contributed by atoms with Crippen LogP contribution in [-0.2, 0) is 19.4 Å². The molecule has 2 rings (SSSR count). The van der Waals surface area contributed by atoms with Gasteiger partial charge in [0, 0.05) is 26.2 Å². The molecule has 8 heteroatoms. The number of aliphatic carboxylic acids is 1. The number of hydrogen-bond donors (Lipinski definition) is 1. The standard InChI is InChI=1S/C11H18N2O5S/c1-12(9-2-3-19(17,18)7-9)10(14)6-13-4-8(5-13)11(15)16/h8-9H,2-7H2,1H3,(H,15,16). The molecule has 0 aromatic carbocycles. The summed E-state index contributed by atoms with van der Waals surface area (Å²) in [6.07, 6.45) is 0.488. The largest absolute Gasteiger partial charge is 0.481 e. The van der Waals surface area contributed by atoms with E-state index in [0.717, 1.165) is 0 Å². The van der Waals surface area contributed by atoms with E-state index in [1.807, 2.05) is 0 Å². The minimum atomic E-state index is -3.00. The molecule has 0 spiro atoms. The average molecular weight is 290 g/mol. The highest BCUT2D eigenvalue weighted by atomic mass is 32.2. The Morgan fingerprint density at radius 2 is 2.00 bits per heavy atom. The van der Waals surface area contributed by atoms with Crippen LogP contribution >= 0.6 is 0 Å². The Morgan fingerprint density at radius 1 is 1.37 bits per heavy atom. The first-order valence-electron chi connectivity index (χ1n) is 6.20. The second-order valence-electron chi connectivity index (χ2n) is 5.29. The van der Waals surface area contributed by atoms with Gasteiger partial charge in [0.25, 0.3) is 0 Å². The molecule has 0 aliphatic carbocycles. The fraction of sp³-hybridized carbons (Fsp3) is 0.818. The molecule has 0 aromatic rings. The topological polar surface area (TPSA) is 95.0 Å². The summed E-state index contributed by atoms with van der Waals surface area (Å²) in [6, 6.07) is -0.242. The molecule has 19 heavy (non-hydrogen) atoms. The van der Waals surface area contributed by atoms with E-state index in [1.54, 1.807) is 11.9 Å². The number of hydrogen-bond acceptors (Lipinski definition) is 5. The van der Waals surface area contributed by atoms with Crippen LogP contribution in [0.5, 0.6) is 0 Å². The Bertz CT molecular complexity index is 483. The summed E-state index contributed by atoms with van der Waals surface area (Å²) in [7, 11) is -1.39. The minimum absolute atomic E-state index is 0.0347. The molecule has 2 aliphatic heterocycles. The molecular weight excluding hydrogens is 272 g/mol. The molecule has 2 fully saturated rings. The van der Waals surface area contributed by atoms with Crippen LogP contribution in [-0.4, -0.2) is 79.4 Å². The van der Waals surface area contributed by atoms with Crippen molar-refractivity contribution in [2.45, 2.75) is 12.5 Å². The summed E-state index contributed by atoms with van der Waals surface area (Å²) in [5, 5.41) is 8.74. The van der Waals surface area contributed by atoms with E-state index in [2.05, 4.69) is 0 Å². The molecule has 2 aliphatic rings. The van der Waals surface area contributed by atoms with E-state index in [4.69, 9.17) is 5.11 Å². The maximum atomic E-state index is 12.0. The lowest BCUT2D eigenvalue weighted by atomic mass is 10.0. The second-order valence-corrected chi connectivity index (χ2v) is 7.52. The van der Waals surface area contributed by atoms with Gasteiger partial charge in [-0.1, -0.05) is 0 Å². The predicted molar refractivity (Wildman–Crippen MR) is 67.4 cm³/mol. The average Bonchev–Trinajstić information content (AvgIpc) is 2.61. The van der Waals surface area contributed by atoms with E-state index in [0.29, 0.717) is 19.5 Å². The smallest absolute Gasteiger partial charge is 0.309 e. The fourth-order valence-electron chi connectivity index (χ4n) is 2.44. The third-order valence-corrected chi connectivity index (χ3v) is 5.57. The van der Waals surface area contributed by atoms with Crippen molar-refractivity contribution in [2.75, 3.05) is 38.2 Å². The van der Waals surface area contributed by atoms with E-state index < -0.39 is 15.8 Å². The van der Waals surface area contributed by atoms with Crippen LogP contribution in [0.2, 0.25) is 0 Å². The van der Waals surface area contributed by atoms with Gasteiger partial charge in [-0.05, 0) is 6.42 Å². The number of carbonyl (C=O) groups excluding carboxylic acids is 1. The van der Waals surface area contributed by atoms with Gasteiger partial charge in [-0.3, -0.25) is 14.5 Å². The highest BCUT2D eigenvalue weighted by Crippen LogP contribution is 2.19. The van der Waals surface area contributed by atoms with Crippen LogP contribution < -0.4 is 0 Å². The van der Waals surface area contributed by atoms with Crippen molar-refractivity contribution < 1.29 is 23.1 Å². The number of amides is 1. The lowest BCUT2D eigenvalue weighted by Gasteiger charge is -2.37. The first-order chi connectivity index (χ1) is 8.78. The maximum absolute atomic E-state index is 12.0. The Hall–Kier alpha value is -1.15. The van der Waals surface area contributed by atoms with Gasteiger partial charge >= 0.3 is 5.97 Å². The highest BCUT2D eigenvalue weighted by Gasteiger charge is 2.36. The van der Waals surface area contributed by atoms with Crippen molar-refractivity contribution in [3.05, 3.63) is 0 Å². The SMILES string of the molecule is CN(C(=O)CN1CC(C(=O)O)C1)C1CCS(=O)(=O)C1. The number of carboxylic acids is 1. The molecule has 0 aromatic heterocycles. The molecule has 1 amide bonds. The van der Waals surface area contributed by atoms with Crippen LogP contribution in [0.3, 0.4) is 0 Å². The van der Waals surface area contributed by atoms with Crippen molar-refractivity contribution in [3.8, 4) is 0 Å². The van der Waals surface area contributed by atoms with E-state index >= 15 is 0 Å². The van der Waals surface area contributed by atoms with Crippen LogP contribution in [0.25, 0.3) is 0 Å². The van der Waals surface area contributed by atoms with E-state index in [1.165, 1.54) is 4.90 Å². The van der Waals surface area contributed by atoms with Crippen molar-refractivity contribution in [2.24, 2.45) is 5.92 Å². The number of carbonyl (C=O) groups is 2. The Balaban J connectivity index is 1.80. The van der Waals surface area contributed by atoms with Gasteiger partial charge in [-0.2, -0.15) is 0 Å². The summed E-state index contributed by atoms with van der Waals surface area (Å²) < 4.78 is 22.7. The molecule has 2 heterocycles. The van der Waals surface area contributed by atoms with E-state index in [-0.39, 0.29) is 35.9 Å². The van der Waals surface area contributed by atoms with Crippen LogP contribution in [0, 0.1) is 5.92 Å². The summed E-state index contributed by atoms with van der Waals surface area (Å²) in [5.41, 5.74) is 0. The zero-order valence-corrected chi connectivity index (χ0v) is 11.6. The Morgan fingerprint density at radius 3 is 2.47 bits per heavy atom. The summed E-state index contributed by atoms with van der Waals surface area (Å²) in [4.78, 5) is 25.9. The second kappa shape index (κ2) is 5.09. The van der Waals surface area contributed by atoms with Gasteiger partial charge in [-0.25, -0.2) is 8.42 Å². The normalized spacial score (nSPS) is 26.9. The van der Waals surface area contributed by atoms with Crippen LogP contribution in [0.15, 0.2) is 0 Å². The molecule has 0 radical (unpaired) electrons. The van der Waals surface area contributed by atoms with Gasteiger partial charge in [0.1, 0.15) is 0 Å². The molecular formula is C11H18N2O5S. The summed E-state index contributed by atoms with van der Waals surface area (Å²) in [6.45, 7) is 0.937. The zero-order valence-electron chi connectivity index (χ0n) is 10.8. The number of sulfone groups is 1. The van der Waals surface area contributed by atoms with Crippen molar-refractivity contribution >= 4 is 21.7 Å². The van der Waals surface area contributed by atoms with Crippen molar-refractivity contribution in [1.29, 1.82) is 0 Å². The summed E-state index contributed by atoms with van der Waals surface area (Å²) in [5.74, 6) is -1.19. The molecule has 7 nitrogen and oxygen atoms in total. The lowest BCUT2D eigenvalue weighted by Crippen LogP contribution is -2.54. The van der Waals surface area contributed by atoms with Gasteiger partial charge in [0.2, 0.25) is 5.91 Å². The Labute approximate surface area is 112 Å². The number of likely N-dealkylation sites (tertiary alicyclic amines) is 1. The maximum Gasteiger partial charge on any atom is 0.309 e. The van der Waals surface area contributed by atoms with Crippen molar-refractivity contribution in [3.63, 3.8) is 0 Å². The molecule has 0 saturated carbocycles. The number of nitrogens with zero attached hydrogens (tertiary/aromatic N) is 2. The number of carboxylic acid groups (broad SMARTS) is 1. The third-order valence-electron chi connectivity index (χ3n) is 3.81. The number of rotatable bonds is 4. The number of likely N-dealkylation sites (N-methyl/N-ethyl adjacent to an activating group) is 1. The van der Waals surface area contributed by atoms with Crippen LogP contribution in [0.1, 0.15) is 6.42 Å². The van der Waals surface area contributed by atoms with Gasteiger partial charge in [-0.15, -0.1) is 0 Å². The quantitative estimate of drug-likeness (QED) is 0.688. The molecule has 1 unspecified atom stereocenters. The minimum Gasteiger partial charge on any atom is -0.481 e. The molecule has 1 N–H and O–H groups in total. The van der Waals surface area contributed by atoms with Gasteiger partial charge in [0.15, 0.2) is 9.84 Å². The molecule has 0 bridgehead atoms. The van der Waals surface area contributed by atoms with Crippen LogP contribution in [0.4, 0.5) is 0 Å². The molecule has 2 saturated heterocycles. The summed E-state index contributed by atoms with van der Waals surface area (Å²) >= 11 is 0. The monoisotopic (exact) mass is 290 g/mol. The first-order valence-corrected chi connectivity index (χ1v) is 8.02. The lowest BCUT2D eigenvalue weighted by molar-refractivity contribution is -0.150. The third kappa shape index (κ3) is 3.24. The fourth-order valence-corrected chi connectivity index (χ4v) is 4.22. The highest BCUT2D eigenvalue weighted by molar-refractivity contribution is 7.91. The Kier molecular flexibility index (Phi) is 3.82. The first kappa shape index (κ1) is 14.3. The predicted octanol–water partition coefficient (Wildman–Crippen LogP) is -1.35.